The molecular weight excluding hydrogens is 449 g/mol. The van der Waals surface area contributed by atoms with Gasteiger partial charge in [-0.15, -0.1) is 0 Å². The second-order valence-corrected chi connectivity index (χ2v) is 7.68. The predicted molar refractivity (Wildman–Crippen MR) is 114 cm³/mol. The van der Waals surface area contributed by atoms with Crippen molar-refractivity contribution in [3.8, 4) is 0 Å². The standard InChI is InChI=1S/C20H17Cl2N3O6/c1-11-5-6-13(8-16(11)25(29)30)23-17(26)10-31-20(28)12-7-18(27)24(9-12)15-4-2-3-14(21)19(15)22/h2-6,8,12H,7,9-10H2,1H3,(H,23,26)/t12-/m0/s1. The van der Waals surface area contributed by atoms with Crippen LogP contribution in [0.1, 0.15) is 12.0 Å². The highest BCUT2D eigenvalue weighted by Gasteiger charge is 2.37. The van der Waals surface area contributed by atoms with Crippen molar-refractivity contribution < 1.29 is 24.0 Å². The van der Waals surface area contributed by atoms with E-state index < -0.39 is 29.3 Å². The van der Waals surface area contributed by atoms with Gasteiger partial charge in [0.05, 0.1) is 26.6 Å². The van der Waals surface area contributed by atoms with Crippen molar-refractivity contribution in [3.63, 3.8) is 0 Å². The third kappa shape index (κ3) is 5.12. The number of hydrogen-bond donors (Lipinski definition) is 1. The number of ether oxygens (including phenoxy) is 1. The fourth-order valence-electron chi connectivity index (χ4n) is 3.13. The molecule has 1 atom stereocenters. The van der Waals surface area contributed by atoms with E-state index in [1.165, 1.54) is 23.1 Å². The first-order chi connectivity index (χ1) is 14.7. The number of nitro benzene ring substituents is 1. The van der Waals surface area contributed by atoms with Gasteiger partial charge in [-0.3, -0.25) is 24.5 Å². The van der Waals surface area contributed by atoms with E-state index in [0.29, 0.717) is 11.3 Å². The average molecular weight is 466 g/mol. The molecule has 3 rings (SSSR count). The van der Waals surface area contributed by atoms with Crippen molar-refractivity contribution in [1.82, 2.24) is 0 Å². The van der Waals surface area contributed by atoms with Gasteiger partial charge in [-0.1, -0.05) is 35.3 Å². The van der Waals surface area contributed by atoms with Crippen LogP contribution in [0.3, 0.4) is 0 Å². The maximum absolute atomic E-state index is 12.3. The molecule has 0 spiro atoms. The molecule has 2 amide bonds. The Hall–Kier alpha value is -3.17. The van der Waals surface area contributed by atoms with Crippen LogP contribution in [0.25, 0.3) is 0 Å². The van der Waals surface area contributed by atoms with Crippen LogP contribution in [-0.2, 0) is 19.1 Å². The summed E-state index contributed by atoms with van der Waals surface area (Å²) < 4.78 is 5.03. The normalized spacial score (nSPS) is 15.6. The van der Waals surface area contributed by atoms with Crippen molar-refractivity contribution in [3.05, 3.63) is 62.1 Å². The van der Waals surface area contributed by atoms with Gasteiger partial charge in [-0.05, 0) is 25.1 Å². The predicted octanol–water partition coefficient (Wildman–Crippen LogP) is 3.74. The molecule has 2 aromatic carbocycles. The highest BCUT2D eigenvalue weighted by molar-refractivity contribution is 6.44. The van der Waals surface area contributed by atoms with Crippen molar-refractivity contribution in [2.24, 2.45) is 5.92 Å². The SMILES string of the molecule is Cc1ccc(NC(=O)COC(=O)[C@H]2CC(=O)N(c3cccc(Cl)c3Cl)C2)cc1[N+](=O)[O-]. The molecule has 0 bridgehead atoms. The quantitative estimate of drug-likeness (QED) is 0.394. The van der Waals surface area contributed by atoms with Crippen molar-refractivity contribution in [2.45, 2.75) is 13.3 Å². The van der Waals surface area contributed by atoms with Gasteiger partial charge < -0.3 is 15.0 Å². The van der Waals surface area contributed by atoms with E-state index in [0.717, 1.165) is 0 Å². The van der Waals surface area contributed by atoms with Crippen LogP contribution in [0.15, 0.2) is 36.4 Å². The minimum atomic E-state index is -0.768. The zero-order valence-corrected chi connectivity index (χ0v) is 17.8. The molecule has 2 aromatic rings. The summed E-state index contributed by atoms with van der Waals surface area (Å²) in [6.07, 6.45) is -0.0898. The number of hydrogen-bond acceptors (Lipinski definition) is 6. The van der Waals surface area contributed by atoms with Crippen LogP contribution in [-0.4, -0.2) is 35.9 Å². The van der Waals surface area contributed by atoms with Crippen molar-refractivity contribution in [2.75, 3.05) is 23.4 Å². The number of benzene rings is 2. The maximum Gasteiger partial charge on any atom is 0.311 e. The Bertz CT molecular complexity index is 1070. The maximum atomic E-state index is 12.3. The Balaban J connectivity index is 1.57. The summed E-state index contributed by atoms with van der Waals surface area (Å²) in [6.45, 7) is 1.03. The highest BCUT2D eigenvalue weighted by Crippen LogP contribution is 2.35. The number of esters is 1. The Morgan fingerprint density at radius 3 is 2.74 bits per heavy atom. The zero-order valence-electron chi connectivity index (χ0n) is 16.3. The van der Waals surface area contributed by atoms with Gasteiger partial charge in [-0.2, -0.15) is 0 Å². The van der Waals surface area contributed by atoms with Gasteiger partial charge in [0, 0.05) is 30.3 Å². The highest BCUT2D eigenvalue weighted by atomic mass is 35.5. The van der Waals surface area contributed by atoms with Crippen LogP contribution in [0.4, 0.5) is 17.1 Å². The minimum absolute atomic E-state index is 0.0451. The summed E-state index contributed by atoms with van der Waals surface area (Å²) >= 11 is 12.1. The van der Waals surface area contributed by atoms with Crippen LogP contribution in [0.2, 0.25) is 10.0 Å². The summed E-state index contributed by atoms with van der Waals surface area (Å²) in [5.74, 6) is -2.46. The van der Waals surface area contributed by atoms with Gasteiger partial charge in [0.1, 0.15) is 0 Å². The number of anilines is 2. The molecule has 31 heavy (non-hydrogen) atoms. The van der Waals surface area contributed by atoms with Crippen LogP contribution < -0.4 is 10.2 Å². The van der Waals surface area contributed by atoms with E-state index in [2.05, 4.69) is 5.32 Å². The average Bonchev–Trinajstić information content (AvgIpc) is 3.11. The molecule has 0 radical (unpaired) electrons. The molecule has 11 heteroatoms. The molecule has 1 N–H and O–H groups in total. The van der Waals surface area contributed by atoms with Gasteiger partial charge in [-0.25, -0.2) is 0 Å². The second kappa shape index (κ2) is 9.32. The van der Waals surface area contributed by atoms with E-state index in [1.807, 2.05) is 0 Å². The number of nitrogens with one attached hydrogen (secondary N) is 1. The first-order valence-electron chi connectivity index (χ1n) is 9.13. The number of nitrogens with zero attached hydrogens (tertiary/aromatic N) is 2. The summed E-state index contributed by atoms with van der Waals surface area (Å²) in [4.78, 5) is 48.5. The summed E-state index contributed by atoms with van der Waals surface area (Å²) in [6, 6.07) is 9.07. The lowest BCUT2D eigenvalue weighted by Crippen LogP contribution is -2.28. The molecule has 0 aromatic heterocycles. The summed E-state index contributed by atoms with van der Waals surface area (Å²) in [5, 5.41) is 13.9. The summed E-state index contributed by atoms with van der Waals surface area (Å²) in [5.41, 5.74) is 0.910. The fourth-order valence-corrected chi connectivity index (χ4v) is 3.53. The molecule has 162 valence electrons. The summed E-state index contributed by atoms with van der Waals surface area (Å²) in [7, 11) is 0. The molecule has 9 nitrogen and oxygen atoms in total. The van der Waals surface area contributed by atoms with E-state index in [1.54, 1.807) is 25.1 Å². The Morgan fingerprint density at radius 1 is 1.29 bits per heavy atom. The zero-order chi connectivity index (χ0) is 22.7. The van der Waals surface area contributed by atoms with Crippen molar-refractivity contribution >= 4 is 58.0 Å². The van der Waals surface area contributed by atoms with Gasteiger partial charge >= 0.3 is 5.97 Å². The van der Waals surface area contributed by atoms with E-state index >= 15 is 0 Å². The molecular formula is C20H17Cl2N3O6. The minimum Gasteiger partial charge on any atom is -0.455 e. The Kier molecular flexibility index (Phi) is 6.77. The first kappa shape index (κ1) is 22.5. The van der Waals surface area contributed by atoms with Gasteiger partial charge in [0.15, 0.2) is 6.61 Å². The van der Waals surface area contributed by atoms with Gasteiger partial charge in [0.25, 0.3) is 11.6 Å². The third-order valence-electron chi connectivity index (χ3n) is 4.72. The Morgan fingerprint density at radius 2 is 2.03 bits per heavy atom. The number of amides is 2. The largest absolute Gasteiger partial charge is 0.455 e. The third-order valence-corrected chi connectivity index (χ3v) is 5.52. The number of aryl methyl sites for hydroxylation is 1. The molecule has 0 saturated carbocycles. The lowest BCUT2D eigenvalue weighted by Gasteiger charge is -2.18. The Labute approximate surface area is 187 Å². The lowest BCUT2D eigenvalue weighted by atomic mass is 10.1. The fraction of sp³-hybridized carbons (Fsp3) is 0.250. The number of nitro groups is 1. The van der Waals surface area contributed by atoms with E-state index in [-0.39, 0.29) is 40.3 Å². The lowest BCUT2D eigenvalue weighted by molar-refractivity contribution is -0.385. The molecule has 0 unspecified atom stereocenters. The molecule has 1 fully saturated rings. The number of rotatable bonds is 6. The van der Waals surface area contributed by atoms with Crippen molar-refractivity contribution in [1.29, 1.82) is 0 Å². The van der Waals surface area contributed by atoms with Gasteiger partial charge in [0.2, 0.25) is 5.91 Å². The van der Waals surface area contributed by atoms with E-state index in [9.17, 15) is 24.5 Å². The van der Waals surface area contributed by atoms with Crippen LogP contribution in [0.5, 0.6) is 0 Å². The van der Waals surface area contributed by atoms with Crippen LogP contribution >= 0.6 is 23.2 Å². The number of carbonyl (C=O) groups is 3. The molecule has 1 aliphatic rings. The number of halogens is 2. The van der Waals surface area contributed by atoms with E-state index in [4.69, 9.17) is 27.9 Å². The van der Waals surface area contributed by atoms with Crippen LogP contribution in [0, 0.1) is 23.0 Å². The number of carbonyl (C=O) groups excluding carboxylic acids is 3. The molecule has 1 aliphatic heterocycles. The first-order valence-corrected chi connectivity index (χ1v) is 9.89. The molecule has 0 aliphatic carbocycles. The second-order valence-electron chi connectivity index (χ2n) is 6.89. The molecule has 1 saturated heterocycles. The topological polar surface area (TPSA) is 119 Å². The molecule has 1 heterocycles. The smallest absolute Gasteiger partial charge is 0.311 e. The monoisotopic (exact) mass is 465 g/mol.